The Morgan fingerprint density at radius 1 is 1.33 bits per heavy atom. The summed E-state index contributed by atoms with van der Waals surface area (Å²) in [4.78, 5) is 18.8. The molecule has 0 saturated carbocycles. The number of nitrogens with zero attached hydrogens (tertiary/aromatic N) is 2. The number of piperazine rings is 1. The first kappa shape index (κ1) is 17.5. The lowest BCUT2D eigenvalue weighted by molar-refractivity contribution is 0.398. The summed E-state index contributed by atoms with van der Waals surface area (Å²) in [5, 5.41) is 3.60. The number of pyridine rings is 1. The minimum absolute atomic E-state index is 0.198. The smallest absolute Gasteiger partial charge is 0.345 e. The van der Waals surface area contributed by atoms with Crippen LogP contribution in [0.25, 0.3) is 22.2 Å². The topological polar surface area (TPSA) is 67.6 Å². The van der Waals surface area contributed by atoms with Gasteiger partial charge in [0.05, 0.1) is 23.8 Å². The van der Waals surface area contributed by atoms with Gasteiger partial charge in [0.25, 0.3) is 0 Å². The number of ether oxygens (including phenoxy) is 1. The van der Waals surface area contributed by atoms with E-state index in [9.17, 15) is 9.18 Å². The first-order valence-corrected chi connectivity index (χ1v) is 8.82. The molecule has 0 bridgehead atoms. The van der Waals surface area contributed by atoms with Gasteiger partial charge in [-0.2, -0.15) is 0 Å². The molecule has 0 spiro atoms. The van der Waals surface area contributed by atoms with Crippen LogP contribution < -0.4 is 20.6 Å². The van der Waals surface area contributed by atoms with Gasteiger partial charge in [-0.05, 0) is 25.1 Å². The van der Waals surface area contributed by atoms with E-state index in [2.05, 4.69) is 22.1 Å². The SMILES string of the molecule is COc1cccc(-c2cc3c(F)cc(N4CCN[C@@H](C)C4)cc3oc2=O)n1. The van der Waals surface area contributed by atoms with Crippen molar-refractivity contribution in [3.8, 4) is 17.1 Å². The molecule has 1 aliphatic rings. The van der Waals surface area contributed by atoms with Gasteiger partial charge in [-0.25, -0.2) is 14.2 Å². The van der Waals surface area contributed by atoms with Gasteiger partial charge >= 0.3 is 5.63 Å². The van der Waals surface area contributed by atoms with Crippen LogP contribution in [0.2, 0.25) is 0 Å². The van der Waals surface area contributed by atoms with E-state index in [0.29, 0.717) is 23.3 Å². The molecule has 1 fully saturated rings. The number of methoxy groups -OCH3 is 1. The number of hydrogen-bond donors (Lipinski definition) is 1. The Morgan fingerprint density at radius 3 is 2.96 bits per heavy atom. The van der Waals surface area contributed by atoms with Crippen molar-refractivity contribution in [1.29, 1.82) is 0 Å². The van der Waals surface area contributed by atoms with Crippen molar-refractivity contribution in [3.63, 3.8) is 0 Å². The highest BCUT2D eigenvalue weighted by Gasteiger charge is 2.19. The van der Waals surface area contributed by atoms with E-state index < -0.39 is 11.4 Å². The standard InChI is InChI=1S/C20H20FN3O3/c1-12-11-24(7-6-22-12)13-8-16(21)14-10-15(20(25)27-18(14)9-13)17-4-3-5-19(23-17)26-2/h3-5,8-10,12,22H,6-7,11H2,1-2H3/t12-/m0/s1. The van der Waals surface area contributed by atoms with Gasteiger partial charge in [0.15, 0.2) is 0 Å². The van der Waals surface area contributed by atoms with Gasteiger partial charge in [-0.3, -0.25) is 0 Å². The second kappa shape index (κ2) is 7.00. The molecule has 4 rings (SSSR count). The van der Waals surface area contributed by atoms with Crippen LogP contribution in [0.4, 0.5) is 10.1 Å². The highest BCUT2D eigenvalue weighted by molar-refractivity contribution is 5.84. The van der Waals surface area contributed by atoms with E-state index in [0.717, 1.165) is 19.6 Å². The van der Waals surface area contributed by atoms with Crippen LogP contribution in [-0.2, 0) is 0 Å². The van der Waals surface area contributed by atoms with Crippen LogP contribution in [0.15, 0.2) is 45.6 Å². The van der Waals surface area contributed by atoms with Crippen molar-refractivity contribution in [2.45, 2.75) is 13.0 Å². The normalized spacial score (nSPS) is 17.3. The van der Waals surface area contributed by atoms with Crippen LogP contribution in [0.5, 0.6) is 5.88 Å². The number of aromatic nitrogens is 1. The van der Waals surface area contributed by atoms with Crippen molar-refractivity contribution in [1.82, 2.24) is 10.3 Å². The summed E-state index contributed by atoms with van der Waals surface area (Å²) in [7, 11) is 1.49. The fraction of sp³-hybridized carbons (Fsp3) is 0.300. The summed E-state index contributed by atoms with van der Waals surface area (Å²) < 4.78 is 25.4. The molecule has 3 aromatic rings. The fourth-order valence-corrected chi connectivity index (χ4v) is 3.37. The molecule has 6 nitrogen and oxygen atoms in total. The third-order valence-corrected chi connectivity index (χ3v) is 4.73. The molecule has 27 heavy (non-hydrogen) atoms. The number of halogens is 1. The molecule has 1 aliphatic heterocycles. The molecular formula is C20H20FN3O3. The molecule has 0 unspecified atom stereocenters. The van der Waals surface area contributed by atoms with E-state index in [1.165, 1.54) is 19.2 Å². The number of fused-ring (bicyclic) bond motifs is 1. The van der Waals surface area contributed by atoms with Crippen molar-refractivity contribution < 1.29 is 13.5 Å². The summed E-state index contributed by atoms with van der Waals surface area (Å²) >= 11 is 0. The zero-order valence-corrected chi connectivity index (χ0v) is 15.2. The lowest BCUT2D eigenvalue weighted by Crippen LogP contribution is -2.49. The number of anilines is 1. The monoisotopic (exact) mass is 369 g/mol. The van der Waals surface area contributed by atoms with E-state index in [4.69, 9.17) is 9.15 Å². The molecule has 2 aromatic heterocycles. The number of rotatable bonds is 3. The third kappa shape index (κ3) is 3.38. The Kier molecular flexibility index (Phi) is 4.53. The first-order valence-electron chi connectivity index (χ1n) is 8.82. The van der Waals surface area contributed by atoms with E-state index in [1.807, 2.05) is 0 Å². The summed E-state index contributed by atoms with van der Waals surface area (Å²) in [5.74, 6) is -0.0581. The predicted octanol–water partition coefficient (Wildman–Crippen LogP) is 2.80. The maximum atomic E-state index is 14.8. The Bertz CT molecular complexity index is 1050. The molecule has 1 atom stereocenters. The first-order chi connectivity index (χ1) is 13.0. The van der Waals surface area contributed by atoms with Crippen LogP contribution in [-0.4, -0.2) is 37.8 Å². The Morgan fingerprint density at radius 2 is 2.19 bits per heavy atom. The summed E-state index contributed by atoms with van der Waals surface area (Å²) in [5.41, 5.74) is 0.957. The van der Waals surface area contributed by atoms with Gasteiger partial charge in [0.1, 0.15) is 11.4 Å². The summed E-state index contributed by atoms with van der Waals surface area (Å²) in [6.07, 6.45) is 0. The maximum Gasteiger partial charge on any atom is 0.345 e. The summed E-state index contributed by atoms with van der Waals surface area (Å²) in [6.45, 7) is 4.44. The predicted molar refractivity (Wildman–Crippen MR) is 102 cm³/mol. The quantitative estimate of drug-likeness (QED) is 0.716. The Labute approximate surface area is 155 Å². The molecule has 3 heterocycles. The van der Waals surface area contributed by atoms with Crippen LogP contribution in [0.3, 0.4) is 0 Å². The lowest BCUT2D eigenvalue weighted by atomic mass is 10.1. The second-order valence-corrected chi connectivity index (χ2v) is 6.65. The summed E-state index contributed by atoms with van der Waals surface area (Å²) in [6, 6.07) is 10.1. The maximum absolute atomic E-state index is 14.8. The van der Waals surface area contributed by atoms with E-state index >= 15 is 0 Å². The molecule has 1 aromatic carbocycles. The zero-order chi connectivity index (χ0) is 19.0. The molecular weight excluding hydrogens is 349 g/mol. The van der Waals surface area contributed by atoms with Crippen molar-refractivity contribution >= 4 is 16.7 Å². The van der Waals surface area contributed by atoms with Gasteiger partial charge in [-0.1, -0.05) is 6.07 Å². The number of hydrogen-bond acceptors (Lipinski definition) is 6. The Balaban J connectivity index is 1.80. The average molecular weight is 369 g/mol. The third-order valence-electron chi connectivity index (χ3n) is 4.73. The molecule has 140 valence electrons. The van der Waals surface area contributed by atoms with Crippen LogP contribution in [0, 0.1) is 5.82 Å². The van der Waals surface area contributed by atoms with E-state index in [1.54, 1.807) is 24.3 Å². The van der Waals surface area contributed by atoms with Crippen LogP contribution in [0.1, 0.15) is 6.92 Å². The van der Waals surface area contributed by atoms with Gasteiger partial charge in [0.2, 0.25) is 5.88 Å². The van der Waals surface area contributed by atoms with Gasteiger partial charge in [-0.15, -0.1) is 0 Å². The highest BCUT2D eigenvalue weighted by atomic mass is 19.1. The van der Waals surface area contributed by atoms with Crippen molar-refractivity contribution in [3.05, 3.63) is 52.6 Å². The van der Waals surface area contributed by atoms with Crippen molar-refractivity contribution in [2.75, 3.05) is 31.6 Å². The number of nitrogens with one attached hydrogen (secondary N) is 1. The van der Waals surface area contributed by atoms with Crippen LogP contribution >= 0.6 is 0 Å². The largest absolute Gasteiger partial charge is 0.481 e. The minimum Gasteiger partial charge on any atom is -0.481 e. The zero-order valence-electron chi connectivity index (χ0n) is 15.2. The molecule has 7 heteroatoms. The highest BCUT2D eigenvalue weighted by Crippen LogP contribution is 2.28. The lowest BCUT2D eigenvalue weighted by Gasteiger charge is -2.33. The van der Waals surface area contributed by atoms with Crippen molar-refractivity contribution in [2.24, 2.45) is 0 Å². The second-order valence-electron chi connectivity index (χ2n) is 6.65. The molecule has 0 radical (unpaired) electrons. The number of benzene rings is 1. The molecule has 0 amide bonds. The van der Waals surface area contributed by atoms with Gasteiger partial charge in [0, 0.05) is 43.5 Å². The van der Waals surface area contributed by atoms with E-state index in [-0.39, 0.29) is 16.5 Å². The molecule has 1 saturated heterocycles. The fourth-order valence-electron chi connectivity index (χ4n) is 3.37. The van der Waals surface area contributed by atoms with Gasteiger partial charge < -0.3 is 19.4 Å². The average Bonchev–Trinajstić information content (AvgIpc) is 2.67. The molecule has 1 N–H and O–H groups in total. The Hall–Kier alpha value is -2.93. The minimum atomic E-state index is -0.562. The molecule has 0 aliphatic carbocycles.